The van der Waals surface area contributed by atoms with Crippen LogP contribution in [0.25, 0.3) is 0 Å². The Hall–Kier alpha value is -1.02. The van der Waals surface area contributed by atoms with Crippen LogP contribution < -0.4 is 0 Å². The van der Waals surface area contributed by atoms with Crippen LogP contribution in [0.15, 0.2) is 30.3 Å². The molecule has 1 fully saturated rings. The number of alkyl halides is 1. The van der Waals surface area contributed by atoms with Crippen molar-refractivity contribution in [3.8, 4) is 0 Å². The minimum absolute atomic E-state index is 0.205. The number of carbonyl (C=O) groups is 1. The third-order valence-electron chi connectivity index (χ3n) is 3.40. The number of amides is 1. The van der Waals surface area contributed by atoms with Crippen LogP contribution in [-0.4, -0.2) is 23.2 Å². The van der Waals surface area contributed by atoms with Gasteiger partial charge in [0.05, 0.1) is 6.04 Å². The summed E-state index contributed by atoms with van der Waals surface area (Å²) in [5, 5.41) is 0. The average Bonchev–Trinajstić information content (AvgIpc) is 2.73. The Balaban J connectivity index is 2.17. The number of carbonyl (C=O) groups excluding carboxylic acids is 1. The summed E-state index contributed by atoms with van der Waals surface area (Å²) in [4.78, 5) is 14.0. The second-order valence-corrected chi connectivity index (χ2v) is 4.91. The molecule has 92 valence electrons. The van der Waals surface area contributed by atoms with Crippen molar-refractivity contribution >= 4 is 17.5 Å². The average molecular weight is 252 g/mol. The van der Waals surface area contributed by atoms with Crippen LogP contribution in [0.5, 0.6) is 0 Å². The lowest BCUT2D eigenvalue weighted by molar-refractivity contribution is -0.129. The summed E-state index contributed by atoms with van der Waals surface area (Å²) in [5.74, 6) is 1.14. The van der Waals surface area contributed by atoms with Crippen molar-refractivity contribution in [2.75, 3.05) is 12.4 Å². The molecule has 0 aromatic heterocycles. The van der Waals surface area contributed by atoms with Gasteiger partial charge in [-0.15, -0.1) is 11.6 Å². The molecular formula is C14H18ClNO. The highest BCUT2D eigenvalue weighted by molar-refractivity contribution is 6.18. The second-order valence-electron chi connectivity index (χ2n) is 4.61. The van der Waals surface area contributed by atoms with E-state index < -0.39 is 0 Å². The van der Waals surface area contributed by atoms with Crippen LogP contribution in [0.1, 0.15) is 31.4 Å². The van der Waals surface area contributed by atoms with E-state index in [1.54, 1.807) is 0 Å². The van der Waals surface area contributed by atoms with Gasteiger partial charge < -0.3 is 4.90 Å². The first kappa shape index (κ1) is 12.4. The van der Waals surface area contributed by atoms with Crippen molar-refractivity contribution in [2.24, 2.45) is 5.92 Å². The molecule has 1 aliphatic heterocycles. The summed E-state index contributed by atoms with van der Waals surface area (Å²) in [6.45, 7) is 2.93. The second kappa shape index (κ2) is 5.54. The Morgan fingerprint density at radius 3 is 2.65 bits per heavy atom. The van der Waals surface area contributed by atoms with E-state index in [1.165, 1.54) is 5.56 Å². The number of hydrogen-bond donors (Lipinski definition) is 0. The van der Waals surface area contributed by atoms with Gasteiger partial charge in [0, 0.05) is 18.8 Å². The Bertz CT molecular complexity index is 379. The van der Waals surface area contributed by atoms with Crippen LogP contribution in [0, 0.1) is 5.92 Å². The number of nitrogens with zero attached hydrogens (tertiary/aromatic N) is 1. The molecule has 1 amide bonds. The smallest absolute Gasteiger partial charge is 0.223 e. The molecule has 1 aliphatic rings. The zero-order valence-electron chi connectivity index (χ0n) is 10.1. The van der Waals surface area contributed by atoms with Gasteiger partial charge in [-0.05, 0) is 17.9 Å². The fourth-order valence-electron chi connectivity index (χ4n) is 2.52. The summed E-state index contributed by atoms with van der Waals surface area (Å²) in [5.41, 5.74) is 1.22. The highest BCUT2D eigenvalue weighted by atomic mass is 35.5. The molecule has 0 saturated carbocycles. The Kier molecular flexibility index (Phi) is 4.06. The lowest BCUT2D eigenvalue weighted by Crippen LogP contribution is -2.30. The van der Waals surface area contributed by atoms with E-state index in [0.717, 1.165) is 13.0 Å². The highest BCUT2D eigenvalue weighted by Crippen LogP contribution is 2.31. The van der Waals surface area contributed by atoms with Gasteiger partial charge in [-0.3, -0.25) is 4.79 Å². The maximum atomic E-state index is 12.0. The van der Waals surface area contributed by atoms with Crippen molar-refractivity contribution in [1.82, 2.24) is 4.90 Å². The van der Waals surface area contributed by atoms with E-state index >= 15 is 0 Å². The molecule has 3 heteroatoms. The van der Waals surface area contributed by atoms with Gasteiger partial charge in [-0.25, -0.2) is 0 Å². The van der Waals surface area contributed by atoms with Gasteiger partial charge in [0.1, 0.15) is 0 Å². The first-order valence-corrected chi connectivity index (χ1v) is 6.70. The molecule has 2 nitrogen and oxygen atoms in total. The maximum absolute atomic E-state index is 12.0. The van der Waals surface area contributed by atoms with E-state index in [4.69, 9.17) is 11.6 Å². The lowest BCUT2D eigenvalue weighted by Gasteiger charge is -2.27. The molecule has 1 aromatic carbocycles. The van der Waals surface area contributed by atoms with E-state index in [-0.39, 0.29) is 11.9 Å². The zero-order valence-corrected chi connectivity index (χ0v) is 10.9. The van der Waals surface area contributed by atoms with Crippen LogP contribution in [0.3, 0.4) is 0 Å². The number of benzene rings is 1. The normalized spacial score (nSPS) is 21.9. The fraction of sp³-hybridized carbons (Fsp3) is 0.500. The molecule has 0 radical (unpaired) electrons. The summed E-state index contributed by atoms with van der Waals surface area (Å²) in [6, 6.07) is 10.4. The lowest BCUT2D eigenvalue weighted by atomic mass is 10.0. The molecule has 1 heterocycles. The first-order chi connectivity index (χ1) is 8.26. The minimum atomic E-state index is 0.205. The summed E-state index contributed by atoms with van der Waals surface area (Å²) in [7, 11) is 0. The molecule has 2 atom stereocenters. The predicted molar refractivity (Wildman–Crippen MR) is 70.0 cm³/mol. The molecule has 1 unspecified atom stereocenters. The van der Waals surface area contributed by atoms with E-state index in [0.29, 0.717) is 18.2 Å². The minimum Gasteiger partial charge on any atom is -0.335 e. The Morgan fingerprint density at radius 2 is 2.12 bits per heavy atom. The van der Waals surface area contributed by atoms with Gasteiger partial charge in [-0.2, -0.15) is 0 Å². The monoisotopic (exact) mass is 251 g/mol. The first-order valence-electron chi connectivity index (χ1n) is 6.16. The third kappa shape index (κ3) is 2.63. The zero-order chi connectivity index (χ0) is 12.3. The maximum Gasteiger partial charge on any atom is 0.223 e. The van der Waals surface area contributed by atoms with Crippen molar-refractivity contribution in [1.29, 1.82) is 0 Å². The van der Waals surface area contributed by atoms with Crippen LogP contribution >= 0.6 is 11.6 Å². The summed E-state index contributed by atoms with van der Waals surface area (Å²) >= 11 is 5.85. The highest BCUT2D eigenvalue weighted by Gasteiger charge is 2.33. The number of hydrogen-bond acceptors (Lipinski definition) is 1. The van der Waals surface area contributed by atoms with Crippen LogP contribution in [-0.2, 0) is 4.79 Å². The SMILES string of the molecule is CC[C@@H](c1ccccc1)N1CC(CCl)CC1=O. The van der Waals surface area contributed by atoms with Crippen molar-refractivity contribution in [3.63, 3.8) is 0 Å². The van der Waals surface area contributed by atoms with Gasteiger partial charge in [0.2, 0.25) is 5.91 Å². The molecule has 1 aromatic rings. The number of rotatable bonds is 4. The third-order valence-corrected chi connectivity index (χ3v) is 3.84. The Morgan fingerprint density at radius 1 is 1.41 bits per heavy atom. The van der Waals surface area contributed by atoms with Crippen molar-refractivity contribution in [2.45, 2.75) is 25.8 Å². The molecule has 0 aliphatic carbocycles. The largest absolute Gasteiger partial charge is 0.335 e. The number of halogens is 1. The molecule has 0 N–H and O–H groups in total. The molecular weight excluding hydrogens is 234 g/mol. The van der Waals surface area contributed by atoms with Gasteiger partial charge in [0.15, 0.2) is 0 Å². The Labute approximate surface area is 108 Å². The quantitative estimate of drug-likeness (QED) is 0.753. The molecule has 1 saturated heterocycles. The molecule has 17 heavy (non-hydrogen) atoms. The van der Waals surface area contributed by atoms with E-state index in [9.17, 15) is 4.79 Å². The topological polar surface area (TPSA) is 20.3 Å². The van der Waals surface area contributed by atoms with Gasteiger partial charge in [-0.1, -0.05) is 37.3 Å². The van der Waals surface area contributed by atoms with E-state index in [1.807, 2.05) is 23.1 Å². The van der Waals surface area contributed by atoms with Crippen molar-refractivity contribution < 1.29 is 4.79 Å². The van der Waals surface area contributed by atoms with Crippen LogP contribution in [0.2, 0.25) is 0 Å². The summed E-state index contributed by atoms with van der Waals surface area (Å²) < 4.78 is 0. The standard InChI is InChI=1S/C14H18ClNO/c1-2-13(12-6-4-3-5-7-12)16-10-11(9-15)8-14(16)17/h3-7,11,13H,2,8-10H2,1H3/t11?,13-/m0/s1. The molecule has 0 spiro atoms. The predicted octanol–water partition coefficient (Wildman–Crippen LogP) is 3.23. The van der Waals surface area contributed by atoms with Crippen LogP contribution in [0.4, 0.5) is 0 Å². The summed E-state index contributed by atoms with van der Waals surface area (Å²) in [6.07, 6.45) is 1.55. The van der Waals surface area contributed by atoms with Crippen molar-refractivity contribution in [3.05, 3.63) is 35.9 Å². The van der Waals surface area contributed by atoms with Gasteiger partial charge in [0.25, 0.3) is 0 Å². The molecule has 0 bridgehead atoms. The molecule has 2 rings (SSSR count). The van der Waals surface area contributed by atoms with Gasteiger partial charge >= 0.3 is 0 Å². The fourth-order valence-corrected chi connectivity index (χ4v) is 2.73. The van der Waals surface area contributed by atoms with E-state index in [2.05, 4.69) is 19.1 Å². The number of likely N-dealkylation sites (tertiary alicyclic amines) is 1.